The summed E-state index contributed by atoms with van der Waals surface area (Å²) in [4.78, 5) is 3.30. The maximum absolute atomic E-state index is 5.90. The summed E-state index contributed by atoms with van der Waals surface area (Å²) in [5, 5.41) is 1.18. The molecular weight excluding hydrogens is 228 g/mol. The molecule has 96 valence electrons. The number of ether oxygens (including phenoxy) is 2. The number of aromatic nitrogens is 1. The number of nitrogens with one attached hydrogen (secondary N) is 1. The van der Waals surface area contributed by atoms with Gasteiger partial charge in [0.05, 0.1) is 0 Å². The second kappa shape index (κ2) is 4.21. The van der Waals surface area contributed by atoms with E-state index >= 15 is 0 Å². The van der Waals surface area contributed by atoms with Crippen molar-refractivity contribution in [3.05, 3.63) is 23.9 Å². The van der Waals surface area contributed by atoms with E-state index in [1.807, 2.05) is 6.07 Å². The van der Waals surface area contributed by atoms with Crippen LogP contribution in [0.3, 0.4) is 0 Å². The van der Waals surface area contributed by atoms with Gasteiger partial charge in [0.1, 0.15) is 0 Å². The van der Waals surface area contributed by atoms with Gasteiger partial charge in [-0.25, -0.2) is 0 Å². The molecule has 0 bridgehead atoms. The molecule has 0 saturated carbocycles. The Morgan fingerprint density at radius 2 is 2.00 bits per heavy atom. The molecule has 4 nitrogen and oxygen atoms in total. The maximum Gasteiger partial charge on any atom is 0.231 e. The quantitative estimate of drug-likeness (QED) is 0.875. The highest BCUT2D eigenvalue weighted by molar-refractivity contribution is 5.87. The summed E-state index contributed by atoms with van der Waals surface area (Å²) < 4.78 is 10.8. The molecule has 3 N–H and O–H groups in total. The first kappa shape index (κ1) is 11.4. The Balaban J connectivity index is 2.13. The van der Waals surface area contributed by atoms with Crippen LogP contribution in [-0.4, -0.2) is 18.3 Å². The highest BCUT2D eigenvalue weighted by atomic mass is 16.7. The Kier molecular flexibility index (Phi) is 2.67. The van der Waals surface area contributed by atoms with E-state index in [1.54, 1.807) is 0 Å². The lowest BCUT2D eigenvalue weighted by atomic mass is 9.88. The molecule has 0 fully saturated rings. The number of fused-ring (bicyclic) bond motifs is 2. The zero-order valence-corrected chi connectivity index (χ0v) is 10.7. The summed E-state index contributed by atoms with van der Waals surface area (Å²) >= 11 is 0. The lowest BCUT2D eigenvalue weighted by Gasteiger charge is -2.18. The average Bonchev–Trinajstić information content (AvgIpc) is 2.93. The van der Waals surface area contributed by atoms with Crippen LogP contribution in [0.15, 0.2) is 18.3 Å². The molecule has 0 saturated heterocycles. The number of H-pyrrole nitrogens is 1. The molecule has 3 rings (SSSR count). The van der Waals surface area contributed by atoms with Crippen LogP contribution in [0.5, 0.6) is 11.5 Å². The van der Waals surface area contributed by atoms with Gasteiger partial charge >= 0.3 is 0 Å². The molecule has 0 radical (unpaired) electrons. The van der Waals surface area contributed by atoms with Gasteiger partial charge in [-0.1, -0.05) is 13.8 Å². The number of aromatic amines is 1. The molecule has 1 aromatic carbocycles. The summed E-state index contributed by atoms with van der Waals surface area (Å²) in [5.74, 6) is 2.51. The van der Waals surface area contributed by atoms with Crippen molar-refractivity contribution in [3.8, 4) is 11.5 Å². The van der Waals surface area contributed by atoms with Gasteiger partial charge in [0.2, 0.25) is 6.79 Å². The minimum atomic E-state index is 0.307. The minimum absolute atomic E-state index is 0.307. The topological polar surface area (TPSA) is 60.3 Å². The highest BCUT2D eigenvalue weighted by Crippen LogP contribution is 2.39. The Labute approximate surface area is 106 Å². The molecule has 1 aromatic heterocycles. The number of rotatable bonds is 3. The first-order valence-corrected chi connectivity index (χ1v) is 6.31. The Morgan fingerprint density at radius 1 is 1.28 bits per heavy atom. The van der Waals surface area contributed by atoms with Crippen molar-refractivity contribution in [2.24, 2.45) is 11.7 Å². The van der Waals surface area contributed by atoms with Crippen LogP contribution in [0.2, 0.25) is 0 Å². The van der Waals surface area contributed by atoms with E-state index in [0.29, 0.717) is 25.2 Å². The zero-order valence-electron chi connectivity index (χ0n) is 10.7. The first-order chi connectivity index (χ1) is 8.70. The maximum atomic E-state index is 5.90. The standard InChI is InChI=1S/C14H18N2O2/c1-8(2)10(5-15)11-6-16-12-4-14-13(3-9(11)12)17-7-18-14/h3-4,6,8,10,16H,5,7,15H2,1-2H3. The first-order valence-electron chi connectivity index (χ1n) is 6.31. The molecule has 0 aliphatic carbocycles. The third-order valence-corrected chi connectivity index (χ3v) is 3.67. The minimum Gasteiger partial charge on any atom is -0.454 e. The van der Waals surface area contributed by atoms with Crippen molar-refractivity contribution < 1.29 is 9.47 Å². The molecule has 18 heavy (non-hydrogen) atoms. The highest BCUT2D eigenvalue weighted by Gasteiger charge is 2.21. The lowest BCUT2D eigenvalue weighted by Crippen LogP contribution is -2.17. The smallest absolute Gasteiger partial charge is 0.231 e. The van der Waals surface area contributed by atoms with Crippen molar-refractivity contribution in [1.29, 1.82) is 0 Å². The Hall–Kier alpha value is -1.68. The number of nitrogens with two attached hydrogens (primary N) is 1. The van der Waals surface area contributed by atoms with Gasteiger partial charge in [0.25, 0.3) is 0 Å². The van der Waals surface area contributed by atoms with Gasteiger partial charge in [0, 0.05) is 29.1 Å². The van der Waals surface area contributed by atoms with E-state index in [9.17, 15) is 0 Å². The van der Waals surface area contributed by atoms with Crippen LogP contribution >= 0.6 is 0 Å². The number of benzene rings is 1. The van der Waals surface area contributed by atoms with E-state index in [0.717, 1.165) is 17.0 Å². The summed E-state index contributed by atoms with van der Waals surface area (Å²) in [5.41, 5.74) is 8.24. The van der Waals surface area contributed by atoms with Gasteiger partial charge in [-0.15, -0.1) is 0 Å². The molecular formula is C14H18N2O2. The monoisotopic (exact) mass is 246 g/mol. The predicted octanol–water partition coefficient (Wildman–Crippen LogP) is 2.59. The van der Waals surface area contributed by atoms with E-state index in [4.69, 9.17) is 15.2 Å². The molecule has 1 unspecified atom stereocenters. The zero-order chi connectivity index (χ0) is 12.7. The van der Waals surface area contributed by atoms with Crippen LogP contribution < -0.4 is 15.2 Å². The number of hydrogen-bond acceptors (Lipinski definition) is 3. The summed E-state index contributed by atoms with van der Waals surface area (Å²) in [7, 11) is 0. The fraction of sp³-hybridized carbons (Fsp3) is 0.429. The summed E-state index contributed by atoms with van der Waals surface area (Å²) in [6, 6.07) is 4.05. The van der Waals surface area contributed by atoms with E-state index in [-0.39, 0.29) is 0 Å². The fourth-order valence-electron chi connectivity index (χ4n) is 2.60. The van der Waals surface area contributed by atoms with Gasteiger partial charge in [-0.3, -0.25) is 0 Å². The molecule has 4 heteroatoms. The van der Waals surface area contributed by atoms with E-state index in [1.165, 1.54) is 10.9 Å². The molecule has 1 atom stereocenters. The molecule has 0 amide bonds. The van der Waals surface area contributed by atoms with Crippen molar-refractivity contribution in [2.45, 2.75) is 19.8 Å². The molecule has 1 aliphatic heterocycles. The summed E-state index contributed by atoms with van der Waals surface area (Å²) in [6.07, 6.45) is 2.05. The largest absolute Gasteiger partial charge is 0.454 e. The second-order valence-corrected chi connectivity index (χ2v) is 5.08. The van der Waals surface area contributed by atoms with Crippen molar-refractivity contribution in [2.75, 3.05) is 13.3 Å². The second-order valence-electron chi connectivity index (χ2n) is 5.08. The third kappa shape index (κ3) is 1.64. The lowest BCUT2D eigenvalue weighted by molar-refractivity contribution is 0.174. The van der Waals surface area contributed by atoms with Crippen LogP contribution in [0.25, 0.3) is 10.9 Å². The van der Waals surface area contributed by atoms with Gasteiger partial charge in [0.15, 0.2) is 11.5 Å². The van der Waals surface area contributed by atoms with Crippen molar-refractivity contribution >= 4 is 10.9 Å². The Morgan fingerprint density at radius 3 is 2.67 bits per heavy atom. The normalized spacial score (nSPS) is 15.6. The van der Waals surface area contributed by atoms with Crippen LogP contribution in [0.4, 0.5) is 0 Å². The van der Waals surface area contributed by atoms with Gasteiger partial charge in [-0.2, -0.15) is 0 Å². The average molecular weight is 246 g/mol. The molecule has 2 heterocycles. The van der Waals surface area contributed by atoms with Crippen molar-refractivity contribution in [3.63, 3.8) is 0 Å². The van der Waals surface area contributed by atoms with E-state index < -0.39 is 0 Å². The number of hydrogen-bond donors (Lipinski definition) is 2. The van der Waals surface area contributed by atoms with Gasteiger partial charge < -0.3 is 20.2 Å². The third-order valence-electron chi connectivity index (χ3n) is 3.67. The fourth-order valence-corrected chi connectivity index (χ4v) is 2.60. The SMILES string of the molecule is CC(C)C(CN)c1c[nH]c2cc3c(cc12)OCO3. The van der Waals surface area contributed by atoms with Gasteiger partial charge in [-0.05, 0) is 24.1 Å². The molecule has 1 aliphatic rings. The Bertz CT molecular complexity index is 574. The predicted molar refractivity (Wildman–Crippen MR) is 71.1 cm³/mol. The van der Waals surface area contributed by atoms with Crippen molar-refractivity contribution in [1.82, 2.24) is 4.98 Å². The van der Waals surface area contributed by atoms with E-state index in [2.05, 4.69) is 31.1 Å². The molecule has 0 spiro atoms. The summed E-state index contributed by atoms with van der Waals surface area (Å²) in [6.45, 7) is 5.35. The molecule has 2 aromatic rings. The van der Waals surface area contributed by atoms with Crippen LogP contribution in [-0.2, 0) is 0 Å². The van der Waals surface area contributed by atoms with Crippen LogP contribution in [0.1, 0.15) is 25.3 Å². The van der Waals surface area contributed by atoms with Crippen LogP contribution in [0, 0.1) is 5.92 Å².